The number of carbonyl (C=O) groups excluding carboxylic acids is 1. The average Bonchev–Trinajstić information content (AvgIpc) is 2.70. The van der Waals surface area contributed by atoms with Crippen molar-refractivity contribution < 1.29 is 9.53 Å². The van der Waals surface area contributed by atoms with E-state index in [9.17, 15) is 4.79 Å². The Bertz CT molecular complexity index is 643. The molecular weight excluding hydrogens is 236 g/mol. The van der Waals surface area contributed by atoms with Crippen molar-refractivity contribution in [3.63, 3.8) is 0 Å². The number of esters is 1. The molecule has 0 N–H and O–H groups in total. The van der Waals surface area contributed by atoms with E-state index in [-0.39, 0.29) is 11.6 Å². The molecule has 0 bridgehead atoms. The number of cyclic esters (lactones) is 1. The van der Waals surface area contributed by atoms with E-state index in [0.29, 0.717) is 0 Å². The first-order valence-corrected chi connectivity index (χ1v) is 5.68. The van der Waals surface area contributed by atoms with Gasteiger partial charge in [-0.3, -0.25) is 0 Å². The lowest BCUT2D eigenvalue weighted by molar-refractivity contribution is -0.135. The largest absolute Gasteiger partial charge is 0.456 e. The van der Waals surface area contributed by atoms with E-state index in [0.717, 1.165) is 16.5 Å². The van der Waals surface area contributed by atoms with Gasteiger partial charge < -0.3 is 4.74 Å². The van der Waals surface area contributed by atoms with E-state index in [1.165, 1.54) is 5.39 Å². The minimum Gasteiger partial charge on any atom is -0.456 e. The molecule has 0 spiro atoms. The van der Waals surface area contributed by atoms with Gasteiger partial charge in [0.25, 0.3) is 0 Å². The molecule has 1 heterocycles. The fourth-order valence-corrected chi connectivity index (χ4v) is 2.19. The molecule has 0 radical (unpaired) electrons. The van der Waals surface area contributed by atoms with Gasteiger partial charge in [-0.1, -0.05) is 48.0 Å². The van der Waals surface area contributed by atoms with Gasteiger partial charge in [0.05, 0.1) is 0 Å². The minimum atomic E-state index is -0.435. The Kier molecular flexibility index (Phi) is 2.37. The van der Waals surface area contributed by atoms with Crippen molar-refractivity contribution in [1.82, 2.24) is 0 Å². The third-order valence-electron chi connectivity index (χ3n) is 2.89. The summed E-state index contributed by atoms with van der Waals surface area (Å²) >= 11 is 5.92. The van der Waals surface area contributed by atoms with Gasteiger partial charge in [0.2, 0.25) is 0 Å². The SMILES string of the molecule is O=C1OCC(c2ccc3ccccc3c2)=C1Cl. The van der Waals surface area contributed by atoms with Gasteiger partial charge in [0, 0.05) is 5.57 Å². The van der Waals surface area contributed by atoms with Crippen molar-refractivity contribution in [2.75, 3.05) is 6.61 Å². The topological polar surface area (TPSA) is 26.3 Å². The van der Waals surface area contributed by atoms with Crippen molar-refractivity contribution in [1.29, 1.82) is 0 Å². The molecule has 1 aliphatic rings. The normalized spacial score (nSPS) is 15.5. The molecule has 3 rings (SSSR count). The summed E-state index contributed by atoms with van der Waals surface area (Å²) < 4.78 is 4.90. The van der Waals surface area contributed by atoms with Gasteiger partial charge in [-0.2, -0.15) is 0 Å². The summed E-state index contributed by atoms with van der Waals surface area (Å²) in [6.45, 7) is 0.260. The summed E-state index contributed by atoms with van der Waals surface area (Å²) in [4.78, 5) is 11.2. The molecule has 3 heteroatoms. The molecule has 2 aromatic carbocycles. The summed E-state index contributed by atoms with van der Waals surface area (Å²) in [5, 5.41) is 2.49. The number of fused-ring (bicyclic) bond motifs is 1. The van der Waals surface area contributed by atoms with Crippen LogP contribution in [-0.4, -0.2) is 12.6 Å². The fourth-order valence-electron chi connectivity index (χ4n) is 1.97. The molecule has 0 saturated carbocycles. The van der Waals surface area contributed by atoms with Crippen LogP contribution >= 0.6 is 11.6 Å². The zero-order valence-corrected chi connectivity index (χ0v) is 9.70. The third-order valence-corrected chi connectivity index (χ3v) is 3.27. The van der Waals surface area contributed by atoms with Gasteiger partial charge in [-0.05, 0) is 22.4 Å². The molecule has 0 atom stereocenters. The van der Waals surface area contributed by atoms with E-state index >= 15 is 0 Å². The lowest BCUT2D eigenvalue weighted by Crippen LogP contribution is -1.93. The van der Waals surface area contributed by atoms with E-state index in [1.807, 2.05) is 42.5 Å². The third kappa shape index (κ3) is 1.71. The molecule has 0 saturated heterocycles. The number of ether oxygens (including phenoxy) is 1. The van der Waals surface area contributed by atoms with Crippen LogP contribution in [0.3, 0.4) is 0 Å². The van der Waals surface area contributed by atoms with E-state index in [2.05, 4.69) is 0 Å². The van der Waals surface area contributed by atoms with Crippen molar-refractivity contribution in [3.05, 3.63) is 53.1 Å². The summed E-state index contributed by atoms with van der Waals surface area (Å²) in [7, 11) is 0. The highest BCUT2D eigenvalue weighted by Gasteiger charge is 2.23. The Balaban J connectivity index is 2.16. The van der Waals surface area contributed by atoms with Gasteiger partial charge in [-0.25, -0.2) is 4.79 Å². The number of hydrogen-bond acceptors (Lipinski definition) is 2. The summed E-state index contributed by atoms with van der Waals surface area (Å²) in [6, 6.07) is 14.1. The van der Waals surface area contributed by atoms with Crippen LogP contribution < -0.4 is 0 Å². The number of carbonyl (C=O) groups is 1. The average molecular weight is 245 g/mol. The smallest absolute Gasteiger partial charge is 0.350 e. The molecule has 1 aliphatic heterocycles. The van der Waals surface area contributed by atoms with Crippen LogP contribution in [0, 0.1) is 0 Å². The molecule has 0 amide bonds. The molecule has 17 heavy (non-hydrogen) atoms. The lowest BCUT2D eigenvalue weighted by atomic mass is 10.0. The van der Waals surface area contributed by atoms with Crippen LogP contribution in [0.4, 0.5) is 0 Å². The number of hydrogen-bond donors (Lipinski definition) is 0. The highest BCUT2D eigenvalue weighted by atomic mass is 35.5. The zero-order chi connectivity index (χ0) is 11.8. The Morgan fingerprint density at radius 3 is 2.53 bits per heavy atom. The fraction of sp³-hybridized carbons (Fsp3) is 0.0714. The predicted molar refractivity (Wildman–Crippen MR) is 67.7 cm³/mol. The van der Waals surface area contributed by atoms with Crippen LogP contribution in [0.5, 0.6) is 0 Å². The van der Waals surface area contributed by atoms with E-state index < -0.39 is 5.97 Å². The molecule has 84 valence electrons. The molecule has 2 aromatic rings. The standard InChI is InChI=1S/C14H9ClO2/c15-13-12(8-17-14(13)16)11-6-5-9-3-1-2-4-10(9)7-11/h1-7H,8H2. The van der Waals surface area contributed by atoms with Crippen LogP contribution in [0.15, 0.2) is 47.5 Å². The first-order valence-electron chi connectivity index (χ1n) is 5.30. The van der Waals surface area contributed by atoms with Crippen molar-refractivity contribution in [2.24, 2.45) is 0 Å². The highest BCUT2D eigenvalue weighted by Crippen LogP contribution is 2.30. The first kappa shape index (κ1) is 10.4. The maximum Gasteiger partial charge on any atom is 0.350 e. The maximum absolute atomic E-state index is 11.2. The van der Waals surface area contributed by atoms with Gasteiger partial charge >= 0.3 is 5.97 Å². The molecular formula is C14H9ClO2. The van der Waals surface area contributed by atoms with Crippen molar-refractivity contribution in [3.8, 4) is 0 Å². The van der Waals surface area contributed by atoms with E-state index in [4.69, 9.17) is 16.3 Å². The monoisotopic (exact) mass is 244 g/mol. The summed E-state index contributed by atoms with van der Waals surface area (Å²) in [5.41, 5.74) is 1.71. The Morgan fingerprint density at radius 2 is 1.82 bits per heavy atom. The second kappa shape index (κ2) is 3.90. The molecule has 0 unspecified atom stereocenters. The van der Waals surface area contributed by atoms with Crippen LogP contribution in [0.1, 0.15) is 5.56 Å². The van der Waals surface area contributed by atoms with Crippen molar-refractivity contribution >= 4 is 33.9 Å². The van der Waals surface area contributed by atoms with Gasteiger partial charge in [0.15, 0.2) is 0 Å². The van der Waals surface area contributed by atoms with Gasteiger partial charge in [0.1, 0.15) is 11.6 Å². The number of rotatable bonds is 1. The quantitative estimate of drug-likeness (QED) is 0.719. The van der Waals surface area contributed by atoms with Crippen LogP contribution in [0.2, 0.25) is 0 Å². The van der Waals surface area contributed by atoms with Crippen LogP contribution in [0.25, 0.3) is 16.3 Å². The molecule has 0 aliphatic carbocycles. The van der Waals surface area contributed by atoms with Crippen molar-refractivity contribution in [2.45, 2.75) is 0 Å². The summed E-state index contributed by atoms with van der Waals surface area (Å²) in [6.07, 6.45) is 0. The Hall–Kier alpha value is -1.80. The van der Waals surface area contributed by atoms with E-state index in [1.54, 1.807) is 0 Å². The number of halogens is 1. The molecule has 0 fully saturated rings. The zero-order valence-electron chi connectivity index (χ0n) is 8.94. The Labute approximate surface area is 103 Å². The maximum atomic E-state index is 11.2. The lowest BCUT2D eigenvalue weighted by Gasteiger charge is -2.03. The minimum absolute atomic E-state index is 0.195. The number of benzene rings is 2. The molecule has 2 nitrogen and oxygen atoms in total. The Morgan fingerprint density at radius 1 is 1.06 bits per heavy atom. The highest BCUT2D eigenvalue weighted by molar-refractivity contribution is 6.45. The molecule has 0 aromatic heterocycles. The second-order valence-electron chi connectivity index (χ2n) is 3.93. The first-order chi connectivity index (χ1) is 8.25. The second-order valence-corrected chi connectivity index (χ2v) is 4.31. The summed E-state index contributed by atoms with van der Waals surface area (Å²) in [5.74, 6) is -0.435. The van der Waals surface area contributed by atoms with Crippen LogP contribution in [-0.2, 0) is 9.53 Å². The van der Waals surface area contributed by atoms with Gasteiger partial charge in [-0.15, -0.1) is 0 Å². The predicted octanol–water partition coefficient (Wildman–Crippen LogP) is 3.35.